The molecule has 5 rings (SSSR count). The van der Waals surface area contributed by atoms with E-state index in [-0.39, 0.29) is 11.8 Å². The van der Waals surface area contributed by atoms with E-state index in [9.17, 15) is 4.79 Å². The summed E-state index contributed by atoms with van der Waals surface area (Å²) in [5.41, 5.74) is 3.34. The van der Waals surface area contributed by atoms with E-state index in [1.165, 1.54) is 33.8 Å². The number of carbonyl (C=O) groups excluding carboxylic acids is 1. The Hall–Kier alpha value is -1.43. The van der Waals surface area contributed by atoms with Gasteiger partial charge in [-0.25, -0.2) is 0 Å². The van der Waals surface area contributed by atoms with Gasteiger partial charge in [0.05, 0.1) is 5.92 Å². The van der Waals surface area contributed by atoms with Gasteiger partial charge in [0, 0.05) is 22.0 Å². The normalized spacial score (nSPS) is 24.0. The van der Waals surface area contributed by atoms with Crippen LogP contribution in [0, 0.1) is 11.8 Å². The molecule has 27 heavy (non-hydrogen) atoms. The highest BCUT2D eigenvalue weighted by atomic mass is 32.2. The number of amides is 1. The number of rotatable bonds is 5. The van der Waals surface area contributed by atoms with Crippen molar-refractivity contribution in [3.05, 3.63) is 42.5 Å². The lowest BCUT2D eigenvalue weighted by molar-refractivity contribution is -0.125. The summed E-state index contributed by atoms with van der Waals surface area (Å²) in [5.74, 6) is 0.891. The van der Waals surface area contributed by atoms with Crippen molar-refractivity contribution in [1.82, 2.24) is 4.90 Å². The monoisotopic (exact) mass is 398 g/mol. The number of fused-ring (bicyclic) bond motifs is 3. The summed E-state index contributed by atoms with van der Waals surface area (Å²) in [4.78, 5) is 17.7. The highest BCUT2D eigenvalue weighted by Gasteiger charge is 2.38. The molecular formula is C22H26N2OS2. The molecule has 1 atom stereocenters. The number of hydrogen-bond acceptors (Lipinski definition) is 4. The number of thioether (sulfide) groups is 2. The average molecular weight is 399 g/mol. The minimum atomic E-state index is 0.143. The maximum atomic E-state index is 12.8. The first-order valence-electron chi connectivity index (χ1n) is 9.53. The zero-order valence-corrected chi connectivity index (χ0v) is 17.5. The molecule has 2 aromatic carbocycles. The topological polar surface area (TPSA) is 32.3 Å². The summed E-state index contributed by atoms with van der Waals surface area (Å²) in [6.07, 6.45) is 6.52. The van der Waals surface area contributed by atoms with Gasteiger partial charge in [-0.05, 0) is 79.8 Å². The SMILES string of the molecule is CSc1ccc(-c2ccc(NC(=O)C3CN4CCC3CC4)cc2SC)cc1. The predicted octanol–water partition coefficient (Wildman–Crippen LogP) is 5.08. The molecule has 3 aliphatic rings. The molecule has 3 saturated heterocycles. The third kappa shape index (κ3) is 4.05. The Morgan fingerprint density at radius 3 is 2.37 bits per heavy atom. The van der Waals surface area contributed by atoms with Gasteiger partial charge in [-0.3, -0.25) is 4.79 Å². The van der Waals surface area contributed by atoms with E-state index in [0.717, 1.165) is 25.3 Å². The summed E-state index contributed by atoms with van der Waals surface area (Å²) in [5, 5.41) is 3.19. The van der Waals surface area contributed by atoms with Gasteiger partial charge in [0.1, 0.15) is 0 Å². The van der Waals surface area contributed by atoms with E-state index >= 15 is 0 Å². The lowest BCUT2D eigenvalue weighted by Crippen LogP contribution is -2.51. The first-order valence-corrected chi connectivity index (χ1v) is 12.0. The molecule has 2 aromatic rings. The molecule has 1 unspecified atom stereocenters. The van der Waals surface area contributed by atoms with Crippen LogP contribution in [0.1, 0.15) is 12.8 Å². The molecular weight excluding hydrogens is 372 g/mol. The number of hydrogen-bond donors (Lipinski definition) is 1. The van der Waals surface area contributed by atoms with Crippen LogP contribution in [0.3, 0.4) is 0 Å². The average Bonchev–Trinajstić information content (AvgIpc) is 2.74. The number of nitrogens with zero attached hydrogens (tertiary/aromatic N) is 1. The fourth-order valence-electron chi connectivity index (χ4n) is 4.28. The molecule has 0 saturated carbocycles. The Morgan fingerprint density at radius 1 is 1.04 bits per heavy atom. The summed E-state index contributed by atoms with van der Waals surface area (Å²) < 4.78 is 0. The van der Waals surface area contributed by atoms with E-state index in [2.05, 4.69) is 59.1 Å². The second-order valence-electron chi connectivity index (χ2n) is 7.38. The Labute approximate surface area is 170 Å². The minimum Gasteiger partial charge on any atom is -0.326 e. The molecule has 1 amide bonds. The summed E-state index contributed by atoms with van der Waals surface area (Å²) in [6.45, 7) is 3.25. The fourth-order valence-corrected chi connectivity index (χ4v) is 5.33. The fraction of sp³-hybridized carbons (Fsp3) is 0.409. The molecule has 0 aromatic heterocycles. The van der Waals surface area contributed by atoms with Crippen LogP contribution in [0.15, 0.2) is 52.3 Å². The second-order valence-corrected chi connectivity index (χ2v) is 9.11. The van der Waals surface area contributed by atoms with E-state index in [0.29, 0.717) is 5.92 Å². The quantitative estimate of drug-likeness (QED) is 0.712. The van der Waals surface area contributed by atoms with Crippen LogP contribution in [0.25, 0.3) is 11.1 Å². The lowest BCUT2D eigenvalue weighted by atomic mass is 9.78. The largest absolute Gasteiger partial charge is 0.326 e. The predicted molar refractivity (Wildman–Crippen MR) is 117 cm³/mol. The molecule has 142 valence electrons. The Kier molecular flexibility index (Phi) is 5.81. The van der Waals surface area contributed by atoms with E-state index in [4.69, 9.17) is 0 Å². The smallest absolute Gasteiger partial charge is 0.229 e. The van der Waals surface area contributed by atoms with Crippen molar-refractivity contribution in [2.24, 2.45) is 11.8 Å². The zero-order valence-electron chi connectivity index (χ0n) is 15.9. The molecule has 3 aliphatic heterocycles. The minimum absolute atomic E-state index is 0.143. The summed E-state index contributed by atoms with van der Waals surface area (Å²) in [7, 11) is 0. The van der Waals surface area contributed by atoms with E-state index in [1.807, 2.05) is 6.07 Å². The van der Waals surface area contributed by atoms with Crippen LogP contribution in [0.4, 0.5) is 5.69 Å². The Balaban J connectivity index is 1.51. The highest BCUT2D eigenvalue weighted by Crippen LogP contribution is 2.35. The molecule has 0 radical (unpaired) electrons. The second kappa shape index (κ2) is 8.29. The third-order valence-corrected chi connectivity index (χ3v) is 7.38. The van der Waals surface area contributed by atoms with Crippen molar-refractivity contribution in [3.63, 3.8) is 0 Å². The standard InChI is InChI=1S/C22H26N2OS2/c1-26-18-6-3-15(4-7-18)19-8-5-17(13-21(19)27-2)23-22(25)20-14-24-11-9-16(20)10-12-24/h3-8,13,16,20H,9-12,14H2,1-2H3,(H,23,25). The van der Waals surface area contributed by atoms with Crippen LogP contribution in [-0.4, -0.2) is 43.0 Å². The first-order chi connectivity index (χ1) is 13.2. The van der Waals surface area contributed by atoms with Crippen LogP contribution < -0.4 is 5.32 Å². The van der Waals surface area contributed by atoms with Gasteiger partial charge in [0.2, 0.25) is 5.91 Å². The Bertz CT molecular complexity index is 814. The number of piperidine rings is 3. The molecule has 3 nitrogen and oxygen atoms in total. The molecule has 5 heteroatoms. The van der Waals surface area contributed by atoms with Gasteiger partial charge in [0.15, 0.2) is 0 Å². The van der Waals surface area contributed by atoms with E-state index in [1.54, 1.807) is 23.5 Å². The Morgan fingerprint density at radius 2 is 1.78 bits per heavy atom. The molecule has 2 bridgehead atoms. The van der Waals surface area contributed by atoms with Crippen molar-refractivity contribution < 1.29 is 4.79 Å². The van der Waals surface area contributed by atoms with Gasteiger partial charge >= 0.3 is 0 Å². The van der Waals surface area contributed by atoms with E-state index < -0.39 is 0 Å². The molecule has 3 heterocycles. The zero-order chi connectivity index (χ0) is 18.8. The maximum absolute atomic E-state index is 12.8. The number of carbonyl (C=O) groups is 1. The molecule has 0 spiro atoms. The van der Waals surface area contributed by atoms with Crippen LogP contribution in [-0.2, 0) is 4.79 Å². The van der Waals surface area contributed by atoms with Gasteiger partial charge < -0.3 is 10.2 Å². The molecule has 0 aliphatic carbocycles. The van der Waals surface area contributed by atoms with Crippen LogP contribution in [0.5, 0.6) is 0 Å². The molecule has 3 fully saturated rings. The van der Waals surface area contributed by atoms with Gasteiger partial charge in [-0.15, -0.1) is 23.5 Å². The maximum Gasteiger partial charge on any atom is 0.229 e. The first kappa shape index (κ1) is 18.9. The van der Waals surface area contributed by atoms with Crippen LogP contribution in [0.2, 0.25) is 0 Å². The van der Waals surface area contributed by atoms with Crippen molar-refractivity contribution in [2.45, 2.75) is 22.6 Å². The van der Waals surface area contributed by atoms with Crippen molar-refractivity contribution in [3.8, 4) is 11.1 Å². The third-order valence-electron chi connectivity index (χ3n) is 5.86. The number of benzene rings is 2. The molecule has 1 N–H and O–H groups in total. The van der Waals surface area contributed by atoms with Gasteiger partial charge in [-0.2, -0.15) is 0 Å². The van der Waals surface area contributed by atoms with Crippen molar-refractivity contribution >= 4 is 35.1 Å². The highest BCUT2D eigenvalue weighted by molar-refractivity contribution is 7.99. The summed E-state index contributed by atoms with van der Waals surface area (Å²) in [6, 6.07) is 14.9. The van der Waals surface area contributed by atoms with Crippen molar-refractivity contribution in [1.29, 1.82) is 0 Å². The van der Waals surface area contributed by atoms with Gasteiger partial charge in [0.25, 0.3) is 0 Å². The van der Waals surface area contributed by atoms with Crippen LogP contribution >= 0.6 is 23.5 Å². The summed E-state index contributed by atoms with van der Waals surface area (Å²) >= 11 is 3.48. The lowest BCUT2D eigenvalue weighted by Gasteiger charge is -2.43. The van der Waals surface area contributed by atoms with Crippen molar-refractivity contribution in [2.75, 3.05) is 37.5 Å². The number of anilines is 1. The number of nitrogens with one attached hydrogen (secondary N) is 1. The van der Waals surface area contributed by atoms with Gasteiger partial charge in [-0.1, -0.05) is 18.2 Å².